The van der Waals surface area contributed by atoms with Crippen molar-refractivity contribution in [2.24, 2.45) is 0 Å². The predicted octanol–water partition coefficient (Wildman–Crippen LogP) is 0.244. The van der Waals surface area contributed by atoms with Gasteiger partial charge >= 0.3 is 0 Å². The third kappa shape index (κ3) is 0.916. The number of Topliss-reactive ketones (excluding diaryl/α,β-unsaturated/α-hetero) is 1. The highest BCUT2D eigenvalue weighted by atomic mass is 16.2. The second-order valence-electron chi connectivity index (χ2n) is 2.83. The molecule has 10 heavy (non-hydrogen) atoms. The van der Waals surface area contributed by atoms with Crippen LogP contribution in [0.3, 0.4) is 0 Å². The molecule has 1 aliphatic heterocycles. The summed E-state index contributed by atoms with van der Waals surface area (Å²) in [4.78, 5) is 21.8. The average Bonchev–Trinajstić information content (AvgIpc) is 2.09. The first-order chi connectivity index (χ1) is 4.58. The van der Waals surface area contributed by atoms with Crippen LogP contribution in [0, 0.1) is 0 Å². The Kier molecular flexibility index (Phi) is 1.50. The Hall–Kier alpha value is -0.860. The molecule has 0 aromatic carbocycles. The van der Waals surface area contributed by atoms with E-state index in [4.69, 9.17) is 0 Å². The maximum absolute atomic E-state index is 11.1. The maximum Gasteiger partial charge on any atom is 0.228 e. The van der Waals surface area contributed by atoms with Crippen molar-refractivity contribution in [2.45, 2.75) is 32.2 Å². The SMILES string of the molecule is CCC1(C)NC(=O)CC1=O. The van der Waals surface area contributed by atoms with E-state index in [1.165, 1.54) is 0 Å². The monoisotopic (exact) mass is 141 g/mol. The molecule has 0 spiro atoms. The van der Waals surface area contributed by atoms with Gasteiger partial charge in [0.2, 0.25) is 5.91 Å². The fraction of sp³-hybridized carbons (Fsp3) is 0.714. The summed E-state index contributed by atoms with van der Waals surface area (Å²) in [6.45, 7) is 3.66. The minimum Gasteiger partial charge on any atom is -0.343 e. The molecule has 1 saturated heterocycles. The van der Waals surface area contributed by atoms with Crippen molar-refractivity contribution in [2.75, 3.05) is 0 Å². The van der Waals surface area contributed by atoms with E-state index in [2.05, 4.69) is 5.32 Å². The maximum atomic E-state index is 11.1. The normalized spacial score (nSPS) is 32.6. The summed E-state index contributed by atoms with van der Waals surface area (Å²) in [5, 5.41) is 2.64. The summed E-state index contributed by atoms with van der Waals surface area (Å²) in [5.74, 6) is -0.130. The molecule has 0 radical (unpaired) electrons. The zero-order valence-electron chi connectivity index (χ0n) is 6.23. The van der Waals surface area contributed by atoms with Crippen molar-refractivity contribution >= 4 is 11.7 Å². The Morgan fingerprint density at radius 3 is 2.40 bits per heavy atom. The number of ketones is 1. The molecule has 0 aliphatic carbocycles. The molecule has 1 heterocycles. The lowest BCUT2D eigenvalue weighted by atomic mass is 9.96. The lowest BCUT2D eigenvalue weighted by molar-refractivity contribution is -0.123. The molecule has 0 aromatic heterocycles. The van der Waals surface area contributed by atoms with Crippen LogP contribution < -0.4 is 5.32 Å². The quantitative estimate of drug-likeness (QED) is 0.532. The first-order valence-corrected chi connectivity index (χ1v) is 3.43. The minimum absolute atomic E-state index is 0.0139. The highest BCUT2D eigenvalue weighted by Gasteiger charge is 2.39. The van der Waals surface area contributed by atoms with Gasteiger partial charge < -0.3 is 5.32 Å². The number of hydrogen-bond donors (Lipinski definition) is 1. The third-order valence-corrected chi connectivity index (χ3v) is 2.06. The number of carbonyl (C=O) groups excluding carboxylic acids is 2. The summed E-state index contributed by atoms with van der Waals surface area (Å²) in [7, 11) is 0. The fourth-order valence-corrected chi connectivity index (χ4v) is 1.05. The van der Waals surface area contributed by atoms with Crippen LogP contribution in [-0.4, -0.2) is 17.2 Å². The van der Waals surface area contributed by atoms with Crippen LogP contribution in [0.15, 0.2) is 0 Å². The highest BCUT2D eigenvalue weighted by molar-refractivity contribution is 6.09. The van der Waals surface area contributed by atoms with Crippen LogP contribution in [-0.2, 0) is 9.59 Å². The van der Waals surface area contributed by atoms with E-state index in [0.29, 0.717) is 6.42 Å². The number of hydrogen-bond acceptors (Lipinski definition) is 2. The summed E-state index contributed by atoms with van der Waals surface area (Å²) in [6.07, 6.45) is 0.738. The Morgan fingerprint density at radius 1 is 1.60 bits per heavy atom. The summed E-state index contributed by atoms with van der Waals surface area (Å²) >= 11 is 0. The molecular weight excluding hydrogens is 130 g/mol. The largest absolute Gasteiger partial charge is 0.343 e. The molecule has 1 unspecified atom stereocenters. The van der Waals surface area contributed by atoms with Gasteiger partial charge in [0, 0.05) is 0 Å². The van der Waals surface area contributed by atoms with E-state index in [0.717, 1.165) is 0 Å². The molecule has 1 atom stereocenters. The number of rotatable bonds is 1. The van der Waals surface area contributed by atoms with Crippen molar-refractivity contribution in [1.82, 2.24) is 5.32 Å². The minimum atomic E-state index is -0.572. The van der Waals surface area contributed by atoms with Gasteiger partial charge in [-0.05, 0) is 13.3 Å². The zero-order valence-corrected chi connectivity index (χ0v) is 6.23. The van der Waals surface area contributed by atoms with Crippen molar-refractivity contribution in [3.63, 3.8) is 0 Å². The van der Waals surface area contributed by atoms with E-state index in [1.807, 2.05) is 6.92 Å². The van der Waals surface area contributed by atoms with Gasteiger partial charge in [0.1, 0.15) is 0 Å². The van der Waals surface area contributed by atoms with Crippen LogP contribution in [0.25, 0.3) is 0 Å². The second kappa shape index (κ2) is 2.08. The molecule has 0 aromatic rings. The van der Waals surface area contributed by atoms with Crippen LogP contribution >= 0.6 is 0 Å². The Labute approximate surface area is 59.8 Å². The molecule has 0 bridgehead atoms. The van der Waals surface area contributed by atoms with Crippen molar-refractivity contribution in [3.8, 4) is 0 Å². The summed E-state index contributed by atoms with van der Waals surface area (Å²) < 4.78 is 0. The Balaban J connectivity index is 2.80. The molecule has 1 amide bonds. The van der Waals surface area contributed by atoms with Gasteiger partial charge in [0.05, 0.1) is 12.0 Å². The molecule has 3 heteroatoms. The van der Waals surface area contributed by atoms with E-state index in [9.17, 15) is 9.59 Å². The van der Waals surface area contributed by atoms with Gasteiger partial charge in [0.15, 0.2) is 5.78 Å². The number of carbonyl (C=O) groups is 2. The van der Waals surface area contributed by atoms with E-state index in [1.54, 1.807) is 6.92 Å². The van der Waals surface area contributed by atoms with Crippen LogP contribution in [0.5, 0.6) is 0 Å². The molecule has 56 valence electrons. The van der Waals surface area contributed by atoms with Gasteiger partial charge in [-0.1, -0.05) is 6.92 Å². The van der Waals surface area contributed by atoms with Gasteiger partial charge in [-0.15, -0.1) is 0 Å². The number of nitrogens with one attached hydrogen (secondary N) is 1. The van der Waals surface area contributed by atoms with Gasteiger partial charge in [0.25, 0.3) is 0 Å². The van der Waals surface area contributed by atoms with Gasteiger partial charge in [-0.25, -0.2) is 0 Å². The second-order valence-corrected chi connectivity index (χ2v) is 2.83. The van der Waals surface area contributed by atoms with Crippen LogP contribution in [0.4, 0.5) is 0 Å². The van der Waals surface area contributed by atoms with Crippen LogP contribution in [0.2, 0.25) is 0 Å². The van der Waals surface area contributed by atoms with E-state index < -0.39 is 5.54 Å². The van der Waals surface area contributed by atoms with Crippen molar-refractivity contribution < 1.29 is 9.59 Å². The summed E-state index contributed by atoms with van der Waals surface area (Å²) in [6, 6.07) is 0. The molecule has 1 aliphatic rings. The number of amides is 1. The molecule has 1 fully saturated rings. The van der Waals surface area contributed by atoms with Crippen LogP contribution in [0.1, 0.15) is 26.7 Å². The van der Waals surface area contributed by atoms with E-state index in [-0.39, 0.29) is 18.1 Å². The summed E-state index contributed by atoms with van der Waals surface area (Å²) in [5.41, 5.74) is -0.572. The lowest BCUT2D eigenvalue weighted by Gasteiger charge is -2.18. The Morgan fingerprint density at radius 2 is 2.20 bits per heavy atom. The zero-order chi connectivity index (χ0) is 7.78. The molecule has 0 saturated carbocycles. The standard InChI is InChI=1S/C7H11NO2/c1-3-7(2)5(9)4-6(10)8-7/h3-4H2,1-2H3,(H,8,10). The first-order valence-electron chi connectivity index (χ1n) is 3.43. The molecular formula is C7H11NO2. The Bertz CT molecular complexity index is 188. The van der Waals surface area contributed by atoms with Gasteiger partial charge in [-0.2, -0.15) is 0 Å². The topological polar surface area (TPSA) is 46.2 Å². The van der Waals surface area contributed by atoms with Gasteiger partial charge in [-0.3, -0.25) is 9.59 Å². The lowest BCUT2D eigenvalue weighted by Crippen LogP contribution is -2.42. The first kappa shape index (κ1) is 7.25. The molecule has 1 rings (SSSR count). The van der Waals surface area contributed by atoms with Crippen molar-refractivity contribution in [1.29, 1.82) is 0 Å². The molecule has 3 nitrogen and oxygen atoms in total. The predicted molar refractivity (Wildman–Crippen MR) is 36.5 cm³/mol. The third-order valence-electron chi connectivity index (χ3n) is 2.06. The highest BCUT2D eigenvalue weighted by Crippen LogP contribution is 2.18. The smallest absolute Gasteiger partial charge is 0.228 e. The van der Waals surface area contributed by atoms with E-state index >= 15 is 0 Å². The molecule has 1 N–H and O–H groups in total. The van der Waals surface area contributed by atoms with Crippen molar-refractivity contribution in [3.05, 3.63) is 0 Å². The average molecular weight is 141 g/mol. The fourth-order valence-electron chi connectivity index (χ4n) is 1.05.